The van der Waals surface area contributed by atoms with Crippen LogP contribution in [-0.2, 0) is 17.8 Å². The predicted molar refractivity (Wildman–Crippen MR) is 88.7 cm³/mol. The maximum absolute atomic E-state index is 12.2. The van der Waals surface area contributed by atoms with Crippen LogP contribution in [0, 0.1) is 0 Å². The van der Waals surface area contributed by atoms with E-state index in [1.54, 1.807) is 4.90 Å². The smallest absolute Gasteiger partial charge is 0.231 e. The second-order valence-electron chi connectivity index (χ2n) is 4.99. The third-order valence-electron chi connectivity index (χ3n) is 3.53. The fourth-order valence-electron chi connectivity index (χ4n) is 2.51. The van der Waals surface area contributed by atoms with Crippen LogP contribution >= 0.6 is 23.8 Å². The molecule has 3 nitrogen and oxygen atoms in total. The monoisotopic (exact) mass is 316 g/mol. The number of benzene rings is 2. The van der Waals surface area contributed by atoms with E-state index in [4.69, 9.17) is 29.6 Å². The van der Waals surface area contributed by atoms with Gasteiger partial charge in [-0.1, -0.05) is 48.1 Å². The van der Waals surface area contributed by atoms with Crippen LogP contribution < -0.4 is 10.6 Å². The number of nitrogens with two attached hydrogens (primary N) is 1. The second kappa shape index (κ2) is 5.47. The summed E-state index contributed by atoms with van der Waals surface area (Å²) in [5.74, 6) is 0.0768. The SMILES string of the molecule is NC(=S)c1cccc(CN2C(=O)Cc3ccc(Cl)cc32)c1. The first-order valence-corrected chi connectivity index (χ1v) is 7.31. The Morgan fingerprint density at radius 3 is 2.86 bits per heavy atom. The molecule has 0 spiro atoms. The molecule has 0 bridgehead atoms. The lowest BCUT2D eigenvalue weighted by Gasteiger charge is -2.18. The number of nitrogens with zero attached hydrogens (tertiary/aromatic N) is 1. The minimum atomic E-state index is 0.0768. The lowest BCUT2D eigenvalue weighted by Crippen LogP contribution is -2.26. The van der Waals surface area contributed by atoms with Gasteiger partial charge in [-0.05, 0) is 29.3 Å². The van der Waals surface area contributed by atoms with Crippen LogP contribution in [-0.4, -0.2) is 10.9 Å². The molecule has 0 fully saturated rings. The van der Waals surface area contributed by atoms with E-state index in [9.17, 15) is 4.79 Å². The molecule has 1 aliphatic heterocycles. The van der Waals surface area contributed by atoms with Gasteiger partial charge in [0, 0.05) is 16.3 Å². The number of hydrogen-bond donors (Lipinski definition) is 1. The zero-order chi connectivity index (χ0) is 15.0. The Hall–Kier alpha value is -1.91. The summed E-state index contributed by atoms with van der Waals surface area (Å²) in [5.41, 5.74) is 9.33. The highest BCUT2D eigenvalue weighted by Crippen LogP contribution is 2.32. The average molecular weight is 317 g/mol. The van der Waals surface area contributed by atoms with Crippen LogP contribution in [0.1, 0.15) is 16.7 Å². The summed E-state index contributed by atoms with van der Waals surface area (Å²) in [6, 6.07) is 13.2. The number of carbonyl (C=O) groups is 1. The van der Waals surface area contributed by atoms with Gasteiger partial charge in [0.15, 0.2) is 0 Å². The highest BCUT2D eigenvalue weighted by molar-refractivity contribution is 7.80. The molecule has 0 aromatic heterocycles. The molecular weight excluding hydrogens is 304 g/mol. The quantitative estimate of drug-likeness (QED) is 0.885. The van der Waals surface area contributed by atoms with Crippen LogP contribution in [0.2, 0.25) is 5.02 Å². The van der Waals surface area contributed by atoms with Crippen LogP contribution in [0.25, 0.3) is 0 Å². The summed E-state index contributed by atoms with van der Waals surface area (Å²) in [6.07, 6.45) is 0.418. The fourth-order valence-corrected chi connectivity index (χ4v) is 2.80. The van der Waals surface area contributed by atoms with Crippen molar-refractivity contribution in [3.63, 3.8) is 0 Å². The fraction of sp³-hybridized carbons (Fsp3) is 0.125. The van der Waals surface area contributed by atoms with Gasteiger partial charge in [-0.3, -0.25) is 4.79 Å². The normalized spacial score (nSPS) is 13.4. The first-order valence-electron chi connectivity index (χ1n) is 6.52. The highest BCUT2D eigenvalue weighted by Gasteiger charge is 2.27. The molecular formula is C16H13ClN2OS. The molecule has 0 radical (unpaired) electrons. The Bertz CT molecular complexity index is 745. The maximum atomic E-state index is 12.2. The molecule has 2 aromatic carbocycles. The zero-order valence-electron chi connectivity index (χ0n) is 11.2. The summed E-state index contributed by atoms with van der Waals surface area (Å²) in [5, 5.41) is 0.630. The number of rotatable bonds is 3. The first kappa shape index (κ1) is 14.0. The Morgan fingerprint density at radius 2 is 2.10 bits per heavy atom. The number of carbonyl (C=O) groups excluding carboxylic acids is 1. The molecule has 21 heavy (non-hydrogen) atoms. The molecule has 106 valence electrons. The van der Waals surface area contributed by atoms with Gasteiger partial charge >= 0.3 is 0 Å². The van der Waals surface area contributed by atoms with E-state index >= 15 is 0 Å². The topological polar surface area (TPSA) is 46.3 Å². The number of amides is 1. The van der Waals surface area contributed by atoms with Crippen molar-refractivity contribution in [2.45, 2.75) is 13.0 Å². The standard InChI is InChI=1S/C16H13ClN2OS/c17-13-5-4-11-7-15(20)19(14(11)8-13)9-10-2-1-3-12(6-10)16(18)21/h1-6,8H,7,9H2,(H2,18,21). The lowest BCUT2D eigenvalue weighted by atomic mass is 10.1. The van der Waals surface area contributed by atoms with Crippen molar-refractivity contribution in [2.75, 3.05) is 4.90 Å². The van der Waals surface area contributed by atoms with Crippen LogP contribution in [0.4, 0.5) is 5.69 Å². The van der Waals surface area contributed by atoms with Crippen molar-refractivity contribution in [1.29, 1.82) is 0 Å². The number of fused-ring (bicyclic) bond motifs is 1. The van der Waals surface area contributed by atoms with Gasteiger partial charge in [0.25, 0.3) is 0 Å². The third-order valence-corrected chi connectivity index (χ3v) is 4.00. The number of thiocarbonyl (C=S) groups is 1. The van der Waals surface area contributed by atoms with Crippen molar-refractivity contribution >= 4 is 40.4 Å². The third kappa shape index (κ3) is 2.77. The Labute approximate surface area is 133 Å². The predicted octanol–water partition coefficient (Wildman–Crippen LogP) is 3.06. The van der Waals surface area contributed by atoms with Crippen molar-refractivity contribution in [3.8, 4) is 0 Å². The van der Waals surface area contributed by atoms with Crippen molar-refractivity contribution < 1.29 is 4.79 Å². The lowest BCUT2D eigenvalue weighted by molar-refractivity contribution is -0.117. The van der Waals surface area contributed by atoms with Gasteiger partial charge in [0.1, 0.15) is 4.99 Å². The van der Waals surface area contributed by atoms with Crippen molar-refractivity contribution in [1.82, 2.24) is 0 Å². The van der Waals surface area contributed by atoms with E-state index in [-0.39, 0.29) is 5.91 Å². The van der Waals surface area contributed by atoms with E-state index in [1.165, 1.54) is 0 Å². The van der Waals surface area contributed by atoms with Crippen molar-refractivity contribution in [3.05, 3.63) is 64.2 Å². The van der Waals surface area contributed by atoms with Crippen molar-refractivity contribution in [2.24, 2.45) is 5.73 Å². The average Bonchev–Trinajstić information content (AvgIpc) is 2.75. The van der Waals surface area contributed by atoms with E-state index in [1.807, 2.05) is 42.5 Å². The van der Waals surface area contributed by atoms with Crippen LogP contribution in [0.3, 0.4) is 0 Å². The Balaban J connectivity index is 1.92. The van der Waals surface area contributed by atoms with Crippen LogP contribution in [0.15, 0.2) is 42.5 Å². The molecule has 0 saturated heterocycles. The van der Waals surface area contributed by atoms with Crippen LogP contribution in [0.5, 0.6) is 0 Å². The van der Waals surface area contributed by atoms with E-state index in [0.717, 1.165) is 22.4 Å². The molecule has 2 aromatic rings. The number of anilines is 1. The molecule has 5 heteroatoms. The molecule has 3 rings (SSSR count). The summed E-state index contributed by atoms with van der Waals surface area (Å²) < 4.78 is 0. The van der Waals surface area contributed by atoms with Gasteiger partial charge in [-0.25, -0.2) is 0 Å². The molecule has 1 heterocycles. The molecule has 0 unspecified atom stereocenters. The van der Waals surface area contributed by atoms with Gasteiger partial charge in [0.2, 0.25) is 5.91 Å². The first-order chi connectivity index (χ1) is 10.0. The van der Waals surface area contributed by atoms with Gasteiger partial charge in [-0.2, -0.15) is 0 Å². The largest absolute Gasteiger partial charge is 0.389 e. The Kier molecular flexibility index (Phi) is 3.66. The highest BCUT2D eigenvalue weighted by atomic mass is 35.5. The summed E-state index contributed by atoms with van der Waals surface area (Å²) >= 11 is 11.0. The molecule has 0 atom stereocenters. The molecule has 1 amide bonds. The summed E-state index contributed by atoms with van der Waals surface area (Å²) in [6.45, 7) is 0.489. The number of halogens is 1. The molecule has 1 aliphatic rings. The summed E-state index contributed by atoms with van der Waals surface area (Å²) in [4.78, 5) is 14.3. The summed E-state index contributed by atoms with van der Waals surface area (Å²) in [7, 11) is 0. The minimum Gasteiger partial charge on any atom is -0.389 e. The van der Waals surface area contributed by atoms with E-state index in [2.05, 4.69) is 0 Å². The van der Waals surface area contributed by atoms with Gasteiger partial charge < -0.3 is 10.6 Å². The maximum Gasteiger partial charge on any atom is 0.231 e. The van der Waals surface area contributed by atoms with Gasteiger partial charge in [0.05, 0.1) is 13.0 Å². The van der Waals surface area contributed by atoms with Gasteiger partial charge in [-0.15, -0.1) is 0 Å². The second-order valence-corrected chi connectivity index (χ2v) is 5.87. The Morgan fingerprint density at radius 1 is 1.29 bits per heavy atom. The van der Waals surface area contributed by atoms with E-state index in [0.29, 0.717) is 23.0 Å². The number of hydrogen-bond acceptors (Lipinski definition) is 2. The minimum absolute atomic E-state index is 0.0768. The zero-order valence-corrected chi connectivity index (χ0v) is 12.7. The molecule has 0 saturated carbocycles. The molecule has 2 N–H and O–H groups in total. The van der Waals surface area contributed by atoms with E-state index < -0.39 is 0 Å². The molecule has 0 aliphatic carbocycles.